The molecule has 2 heterocycles. The summed E-state index contributed by atoms with van der Waals surface area (Å²) < 4.78 is 5.20. The Morgan fingerprint density at radius 3 is 2.29 bits per heavy atom. The number of methoxy groups -OCH3 is 1. The van der Waals surface area contributed by atoms with Crippen molar-refractivity contribution in [2.24, 2.45) is 0 Å². The largest absolute Gasteiger partial charge is 0.497 e. The number of benzene rings is 2. The lowest BCUT2D eigenvalue weighted by Gasteiger charge is -2.34. The summed E-state index contributed by atoms with van der Waals surface area (Å²) in [6.07, 6.45) is 0. The summed E-state index contributed by atoms with van der Waals surface area (Å²) in [6.45, 7) is 6.35. The SMILES string of the molecule is COc1ccc(Nc2nc(CN3CCN(Cc4ccccc4)CC3)cs2)cc1. The summed E-state index contributed by atoms with van der Waals surface area (Å²) in [7, 11) is 1.68. The lowest BCUT2D eigenvalue weighted by molar-refractivity contribution is 0.121. The van der Waals surface area contributed by atoms with Crippen molar-refractivity contribution in [2.75, 3.05) is 38.6 Å². The van der Waals surface area contributed by atoms with Crippen LogP contribution in [-0.2, 0) is 13.1 Å². The molecule has 0 saturated carbocycles. The first-order valence-corrected chi connectivity index (χ1v) is 10.5. The Bertz CT molecular complexity index is 858. The second-order valence-electron chi connectivity index (χ2n) is 7.04. The van der Waals surface area contributed by atoms with Gasteiger partial charge in [-0.15, -0.1) is 11.3 Å². The zero-order valence-electron chi connectivity index (χ0n) is 16.2. The van der Waals surface area contributed by atoms with Gasteiger partial charge < -0.3 is 10.1 Å². The van der Waals surface area contributed by atoms with Crippen LogP contribution in [0.5, 0.6) is 5.75 Å². The number of rotatable bonds is 7. The highest BCUT2D eigenvalue weighted by Crippen LogP contribution is 2.23. The minimum atomic E-state index is 0.858. The number of anilines is 2. The van der Waals surface area contributed by atoms with Crippen molar-refractivity contribution in [3.63, 3.8) is 0 Å². The van der Waals surface area contributed by atoms with Crippen molar-refractivity contribution in [1.82, 2.24) is 14.8 Å². The third-order valence-corrected chi connectivity index (χ3v) is 5.80. The molecule has 1 aliphatic rings. The van der Waals surface area contributed by atoms with E-state index in [4.69, 9.17) is 9.72 Å². The first-order chi connectivity index (χ1) is 13.8. The minimum absolute atomic E-state index is 0.858. The molecule has 146 valence electrons. The zero-order valence-corrected chi connectivity index (χ0v) is 17.0. The van der Waals surface area contributed by atoms with Crippen molar-refractivity contribution < 1.29 is 4.74 Å². The molecule has 0 aliphatic carbocycles. The molecule has 0 unspecified atom stereocenters. The van der Waals surface area contributed by atoms with E-state index in [2.05, 4.69) is 50.8 Å². The number of nitrogens with one attached hydrogen (secondary N) is 1. The topological polar surface area (TPSA) is 40.6 Å². The predicted octanol–water partition coefficient (Wildman–Crippen LogP) is 4.21. The fourth-order valence-electron chi connectivity index (χ4n) is 3.41. The highest BCUT2D eigenvalue weighted by molar-refractivity contribution is 7.13. The number of hydrogen-bond donors (Lipinski definition) is 1. The molecule has 0 atom stereocenters. The van der Waals surface area contributed by atoms with E-state index in [0.717, 1.165) is 61.5 Å². The van der Waals surface area contributed by atoms with Crippen molar-refractivity contribution in [1.29, 1.82) is 0 Å². The van der Waals surface area contributed by atoms with Crippen LogP contribution in [0.15, 0.2) is 60.0 Å². The second kappa shape index (κ2) is 9.19. The molecule has 5 nitrogen and oxygen atoms in total. The summed E-state index contributed by atoms with van der Waals surface area (Å²) in [4.78, 5) is 9.77. The van der Waals surface area contributed by atoms with Crippen LogP contribution in [0.25, 0.3) is 0 Å². The summed E-state index contributed by atoms with van der Waals surface area (Å²) in [5.74, 6) is 0.858. The molecular weight excluding hydrogens is 368 g/mol. The third kappa shape index (κ3) is 5.10. The summed E-state index contributed by atoms with van der Waals surface area (Å²) >= 11 is 1.65. The normalized spacial score (nSPS) is 15.5. The number of nitrogens with zero attached hydrogens (tertiary/aromatic N) is 3. The molecule has 0 amide bonds. The maximum absolute atomic E-state index is 5.20. The van der Waals surface area contributed by atoms with E-state index in [1.54, 1.807) is 18.4 Å². The van der Waals surface area contributed by atoms with Crippen molar-refractivity contribution in [2.45, 2.75) is 13.1 Å². The van der Waals surface area contributed by atoms with Crippen LogP contribution >= 0.6 is 11.3 Å². The van der Waals surface area contributed by atoms with Crippen molar-refractivity contribution in [3.8, 4) is 5.75 Å². The zero-order chi connectivity index (χ0) is 19.2. The second-order valence-corrected chi connectivity index (χ2v) is 7.89. The lowest BCUT2D eigenvalue weighted by atomic mass is 10.2. The van der Waals surface area contributed by atoms with Gasteiger partial charge in [-0.25, -0.2) is 4.98 Å². The monoisotopic (exact) mass is 394 g/mol. The van der Waals surface area contributed by atoms with E-state index < -0.39 is 0 Å². The Balaban J connectivity index is 1.25. The van der Waals surface area contributed by atoms with E-state index in [0.29, 0.717) is 0 Å². The van der Waals surface area contributed by atoms with E-state index >= 15 is 0 Å². The number of ether oxygens (including phenoxy) is 1. The molecule has 6 heteroatoms. The molecule has 0 radical (unpaired) electrons. The highest BCUT2D eigenvalue weighted by Gasteiger charge is 2.18. The molecule has 0 spiro atoms. The Hall–Kier alpha value is -2.41. The Morgan fingerprint density at radius 2 is 1.61 bits per heavy atom. The summed E-state index contributed by atoms with van der Waals surface area (Å²) in [5.41, 5.74) is 3.55. The Morgan fingerprint density at radius 1 is 0.929 bits per heavy atom. The molecule has 3 aromatic rings. The molecule has 1 saturated heterocycles. The van der Waals surface area contributed by atoms with Gasteiger partial charge in [0.25, 0.3) is 0 Å². The predicted molar refractivity (Wildman–Crippen MR) is 115 cm³/mol. The molecule has 0 bridgehead atoms. The van der Waals surface area contributed by atoms with Gasteiger partial charge in [0.05, 0.1) is 12.8 Å². The van der Waals surface area contributed by atoms with Crippen molar-refractivity contribution in [3.05, 3.63) is 71.2 Å². The number of piperazine rings is 1. The first-order valence-electron chi connectivity index (χ1n) is 9.62. The van der Waals surface area contributed by atoms with E-state index in [1.165, 1.54) is 5.56 Å². The fourth-order valence-corrected chi connectivity index (χ4v) is 4.13. The van der Waals surface area contributed by atoms with Crippen LogP contribution in [-0.4, -0.2) is 48.1 Å². The Kier molecular flexibility index (Phi) is 6.21. The van der Waals surface area contributed by atoms with Crippen LogP contribution in [0.2, 0.25) is 0 Å². The molecule has 4 rings (SSSR count). The highest BCUT2D eigenvalue weighted by atomic mass is 32.1. The van der Waals surface area contributed by atoms with Gasteiger partial charge >= 0.3 is 0 Å². The van der Waals surface area contributed by atoms with E-state index in [-0.39, 0.29) is 0 Å². The number of aromatic nitrogens is 1. The van der Waals surface area contributed by atoms with E-state index in [1.807, 2.05) is 24.3 Å². The fraction of sp³-hybridized carbons (Fsp3) is 0.318. The molecule has 1 N–H and O–H groups in total. The van der Waals surface area contributed by atoms with Gasteiger partial charge in [0.15, 0.2) is 5.13 Å². The molecule has 28 heavy (non-hydrogen) atoms. The van der Waals surface area contributed by atoms with Crippen LogP contribution < -0.4 is 10.1 Å². The summed E-state index contributed by atoms with van der Waals surface area (Å²) in [6, 6.07) is 18.6. The summed E-state index contributed by atoms with van der Waals surface area (Å²) in [5, 5.41) is 6.46. The van der Waals surface area contributed by atoms with Gasteiger partial charge in [0.1, 0.15) is 5.75 Å². The maximum Gasteiger partial charge on any atom is 0.187 e. The maximum atomic E-state index is 5.20. The molecular formula is C22H26N4OS. The van der Waals surface area contributed by atoms with Crippen LogP contribution in [0.4, 0.5) is 10.8 Å². The van der Waals surface area contributed by atoms with Gasteiger partial charge in [-0.1, -0.05) is 30.3 Å². The van der Waals surface area contributed by atoms with Gasteiger partial charge in [0, 0.05) is 50.3 Å². The Labute approximate surface area is 170 Å². The number of hydrogen-bond acceptors (Lipinski definition) is 6. The lowest BCUT2D eigenvalue weighted by Crippen LogP contribution is -2.45. The minimum Gasteiger partial charge on any atom is -0.497 e. The van der Waals surface area contributed by atoms with Crippen LogP contribution in [0.1, 0.15) is 11.3 Å². The standard InChI is InChI=1S/C22H26N4OS/c1-27-21-9-7-19(8-10-21)23-22-24-20(17-28-22)16-26-13-11-25(12-14-26)15-18-5-3-2-4-6-18/h2-10,17H,11-16H2,1H3,(H,23,24). The molecule has 1 fully saturated rings. The van der Waals surface area contributed by atoms with Crippen molar-refractivity contribution >= 4 is 22.2 Å². The van der Waals surface area contributed by atoms with E-state index in [9.17, 15) is 0 Å². The van der Waals surface area contributed by atoms with Gasteiger partial charge in [-0.3, -0.25) is 9.80 Å². The first kappa shape index (κ1) is 18.9. The average molecular weight is 395 g/mol. The molecule has 1 aliphatic heterocycles. The quantitative estimate of drug-likeness (QED) is 0.650. The van der Waals surface area contributed by atoms with Gasteiger partial charge in [-0.05, 0) is 29.8 Å². The molecule has 2 aromatic carbocycles. The third-order valence-electron chi connectivity index (χ3n) is 4.99. The van der Waals surface area contributed by atoms with Gasteiger partial charge in [0.2, 0.25) is 0 Å². The van der Waals surface area contributed by atoms with Crippen LogP contribution in [0.3, 0.4) is 0 Å². The smallest absolute Gasteiger partial charge is 0.187 e. The van der Waals surface area contributed by atoms with Crippen LogP contribution in [0, 0.1) is 0 Å². The number of thiazole rings is 1. The average Bonchev–Trinajstić information content (AvgIpc) is 3.17. The molecule has 1 aromatic heterocycles. The van der Waals surface area contributed by atoms with Gasteiger partial charge in [-0.2, -0.15) is 0 Å².